The molecule has 0 N–H and O–H groups in total. The fourth-order valence-corrected chi connectivity index (χ4v) is 4.87. The number of piperazine rings is 1. The highest BCUT2D eigenvalue weighted by Gasteiger charge is 2.36. The van der Waals surface area contributed by atoms with Gasteiger partial charge in [0.15, 0.2) is 6.10 Å². The number of carbonyl (C=O) groups excluding carboxylic acids is 2. The number of hydrogen-bond donors (Lipinski definition) is 0. The number of benzene rings is 1. The second kappa shape index (κ2) is 9.26. The van der Waals surface area contributed by atoms with E-state index in [1.165, 1.54) is 12.8 Å². The minimum atomic E-state index is -0.539. The van der Waals surface area contributed by atoms with Gasteiger partial charge in [-0.3, -0.25) is 14.5 Å². The molecule has 0 aromatic heterocycles. The third-order valence-corrected chi connectivity index (χ3v) is 6.67. The third kappa shape index (κ3) is 4.64. The van der Waals surface area contributed by atoms with Crippen molar-refractivity contribution in [2.24, 2.45) is 0 Å². The van der Waals surface area contributed by atoms with Crippen LogP contribution in [0.2, 0.25) is 0 Å². The molecule has 2 saturated heterocycles. The van der Waals surface area contributed by atoms with Crippen LogP contribution in [0, 0.1) is 0 Å². The average molecular weight is 400 g/mol. The largest absolute Gasteiger partial charge is 0.360 e. The number of amides is 2. The molecule has 1 aromatic carbocycles. The van der Waals surface area contributed by atoms with Crippen molar-refractivity contribution in [2.45, 2.75) is 56.8 Å². The molecule has 2 unspecified atom stereocenters. The van der Waals surface area contributed by atoms with Gasteiger partial charge in [-0.25, -0.2) is 0 Å². The number of nitrogens with zero attached hydrogens (tertiary/aromatic N) is 3. The topological polar surface area (TPSA) is 53.1 Å². The van der Waals surface area contributed by atoms with Crippen LogP contribution < -0.4 is 0 Å². The van der Waals surface area contributed by atoms with Crippen LogP contribution in [0.15, 0.2) is 30.3 Å². The zero-order valence-corrected chi connectivity index (χ0v) is 17.5. The average Bonchev–Trinajstić information content (AvgIpc) is 3.43. The van der Waals surface area contributed by atoms with Crippen molar-refractivity contribution in [1.29, 1.82) is 0 Å². The van der Waals surface area contributed by atoms with Crippen molar-refractivity contribution in [2.75, 3.05) is 39.8 Å². The van der Waals surface area contributed by atoms with E-state index in [9.17, 15) is 9.59 Å². The first kappa shape index (κ1) is 20.4. The second-order valence-corrected chi connectivity index (χ2v) is 8.62. The Balaban J connectivity index is 1.39. The predicted octanol–water partition coefficient (Wildman–Crippen LogP) is 2.45. The van der Waals surface area contributed by atoms with Crippen LogP contribution in [-0.4, -0.2) is 78.4 Å². The summed E-state index contributed by atoms with van der Waals surface area (Å²) < 4.78 is 6.30. The van der Waals surface area contributed by atoms with Gasteiger partial charge in [0.1, 0.15) is 0 Å². The van der Waals surface area contributed by atoms with E-state index in [1.54, 1.807) is 0 Å². The quantitative estimate of drug-likeness (QED) is 0.763. The lowest BCUT2D eigenvalue weighted by Crippen LogP contribution is -2.55. The molecule has 6 heteroatoms. The van der Waals surface area contributed by atoms with E-state index in [2.05, 4.69) is 4.90 Å². The molecule has 2 atom stereocenters. The molecule has 6 nitrogen and oxygen atoms in total. The number of rotatable bonds is 5. The molecule has 0 spiro atoms. The molecule has 2 aliphatic heterocycles. The van der Waals surface area contributed by atoms with Crippen LogP contribution in [0.25, 0.3) is 0 Å². The summed E-state index contributed by atoms with van der Waals surface area (Å²) in [5, 5.41) is 0. The summed E-state index contributed by atoms with van der Waals surface area (Å²) in [4.78, 5) is 32.2. The minimum absolute atomic E-state index is 0.0139. The molecule has 0 radical (unpaired) electrons. The fraction of sp³-hybridized carbons (Fsp3) is 0.652. The summed E-state index contributed by atoms with van der Waals surface area (Å²) in [5.74, 6) is 0.257. The monoisotopic (exact) mass is 399 g/mol. The van der Waals surface area contributed by atoms with Crippen molar-refractivity contribution in [3.8, 4) is 0 Å². The highest BCUT2D eigenvalue weighted by molar-refractivity contribution is 5.84. The van der Waals surface area contributed by atoms with Crippen LogP contribution in [0.4, 0.5) is 0 Å². The maximum atomic E-state index is 13.4. The van der Waals surface area contributed by atoms with E-state index >= 15 is 0 Å². The van der Waals surface area contributed by atoms with Gasteiger partial charge < -0.3 is 14.5 Å². The van der Waals surface area contributed by atoms with E-state index in [0.717, 1.165) is 37.8 Å². The molecule has 1 aliphatic carbocycles. The predicted molar refractivity (Wildman–Crippen MR) is 111 cm³/mol. The normalized spacial score (nSPS) is 24.8. The molecule has 2 heterocycles. The van der Waals surface area contributed by atoms with Crippen LogP contribution in [0.3, 0.4) is 0 Å². The minimum Gasteiger partial charge on any atom is -0.360 e. The fourth-order valence-electron chi connectivity index (χ4n) is 4.87. The smallest absolute Gasteiger partial charge is 0.256 e. The molecular formula is C23H33N3O3. The van der Waals surface area contributed by atoms with Gasteiger partial charge in [0.05, 0.1) is 12.1 Å². The Bertz CT molecular complexity index is 697. The first-order chi connectivity index (χ1) is 14.1. The molecule has 29 heavy (non-hydrogen) atoms. The summed E-state index contributed by atoms with van der Waals surface area (Å²) in [5.41, 5.74) is 0.926. The standard InChI is InChI=1S/C23H33N3O3/c1-24-13-7-12-20(24)22(27)25-14-16-26(17-15-25)23(28)21(18-8-3-2-4-9-18)29-19-10-5-6-11-19/h2-4,8-9,19-21H,5-7,10-17H2,1H3. The molecular weight excluding hydrogens is 366 g/mol. The van der Waals surface area contributed by atoms with Crippen molar-refractivity contribution in [1.82, 2.24) is 14.7 Å². The Labute approximate surface area is 173 Å². The van der Waals surface area contributed by atoms with Gasteiger partial charge in [0.25, 0.3) is 5.91 Å². The Hall–Kier alpha value is -1.92. The van der Waals surface area contributed by atoms with Crippen LogP contribution >= 0.6 is 0 Å². The van der Waals surface area contributed by atoms with Gasteiger partial charge >= 0.3 is 0 Å². The van der Waals surface area contributed by atoms with E-state index < -0.39 is 6.10 Å². The molecule has 1 saturated carbocycles. The lowest BCUT2D eigenvalue weighted by molar-refractivity contribution is -0.152. The van der Waals surface area contributed by atoms with Crippen LogP contribution in [-0.2, 0) is 14.3 Å². The maximum Gasteiger partial charge on any atom is 0.256 e. The van der Waals surface area contributed by atoms with Crippen molar-refractivity contribution in [3.63, 3.8) is 0 Å². The number of likely N-dealkylation sites (N-methyl/N-ethyl adjacent to an activating group) is 1. The third-order valence-electron chi connectivity index (χ3n) is 6.67. The second-order valence-electron chi connectivity index (χ2n) is 8.62. The zero-order chi connectivity index (χ0) is 20.2. The summed E-state index contributed by atoms with van der Waals surface area (Å²) >= 11 is 0. The van der Waals surface area contributed by atoms with Crippen molar-refractivity contribution >= 4 is 11.8 Å². The van der Waals surface area contributed by atoms with Gasteiger partial charge in [0.2, 0.25) is 5.91 Å². The van der Waals surface area contributed by atoms with Crippen LogP contribution in [0.5, 0.6) is 0 Å². The summed E-state index contributed by atoms with van der Waals surface area (Å²) in [6.45, 7) is 3.38. The Morgan fingerprint density at radius 1 is 0.897 bits per heavy atom. The van der Waals surface area contributed by atoms with E-state index in [-0.39, 0.29) is 24.0 Å². The van der Waals surface area contributed by atoms with Crippen LogP contribution in [0.1, 0.15) is 50.2 Å². The molecule has 158 valence electrons. The summed E-state index contributed by atoms with van der Waals surface area (Å²) in [6, 6.07) is 9.86. The SMILES string of the molecule is CN1CCCC1C(=O)N1CCN(C(=O)C(OC2CCCC2)c2ccccc2)CC1. The van der Waals surface area contributed by atoms with Crippen molar-refractivity contribution < 1.29 is 14.3 Å². The molecule has 0 bridgehead atoms. The molecule has 2 amide bonds. The summed E-state index contributed by atoms with van der Waals surface area (Å²) in [7, 11) is 2.03. The van der Waals surface area contributed by atoms with E-state index in [0.29, 0.717) is 26.2 Å². The zero-order valence-electron chi connectivity index (χ0n) is 17.5. The van der Waals surface area contributed by atoms with Gasteiger partial charge in [-0.05, 0) is 44.8 Å². The summed E-state index contributed by atoms with van der Waals surface area (Å²) in [6.07, 6.45) is 6.09. The highest BCUT2D eigenvalue weighted by atomic mass is 16.5. The number of carbonyl (C=O) groups is 2. The van der Waals surface area contributed by atoms with E-state index in [1.807, 2.05) is 47.2 Å². The van der Waals surface area contributed by atoms with Gasteiger partial charge in [-0.15, -0.1) is 0 Å². The van der Waals surface area contributed by atoms with Gasteiger partial charge in [-0.1, -0.05) is 43.2 Å². The number of hydrogen-bond acceptors (Lipinski definition) is 4. The van der Waals surface area contributed by atoms with Crippen molar-refractivity contribution in [3.05, 3.63) is 35.9 Å². The molecule has 3 fully saturated rings. The molecule has 1 aromatic rings. The van der Waals surface area contributed by atoms with Gasteiger partial charge in [0, 0.05) is 26.2 Å². The van der Waals surface area contributed by atoms with E-state index in [4.69, 9.17) is 4.74 Å². The molecule has 3 aliphatic rings. The number of likely N-dealkylation sites (tertiary alicyclic amines) is 1. The van der Waals surface area contributed by atoms with Gasteiger partial charge in [-0.2, -0.15) is 0 Å². The first-order valence-electron chi connectivity index (χ1n) is 11.1. The lowest BCUT2D eigenvalue weighted by Gasteiger charge is -2.38. The Morgan fingerprint density at radius 3 is 2.17 bits per heavy atom. The first-order valence-corrected chi connectivity index (χ1v) is 11.1. The maximum absolute atomic E-state index is 13.4. The molecule has 4 rings (SSSR count). The number of ether oxygens (including phenoxy) is 1. The highest BCUT2D eigenvalue weighted by Crippen LogP contribution is 2.29. The Kier molecular flexibility index (Phi) is 6.50. The Morgan fingerprint density at radius 2 is 1.55 bits per heavy atom. The lowest BCUT2D eigenvalue weighted by atomic mass is 10.1.